The Labute approximate surface area is 186 Å². The second kappa shape index (κ2) is 19.0. The van der Waals surface area contributed by atoms with Crippen molar-refractivity contribution in [1.82, 2.24) is 15.4 Å². The third-order valence-corrected chi connectivity index (χ3v) is 6.00. The Morgan fingerprint density at radius 1 is 0.759 bits per heavy atom. The smallest absolute Gasteiger partial charge is 0.127 e. The first-order chi connectivity index (χ1) is 14.3. The van der Waals surface area contributed by atoms with Gasteiger partial charge in [-0.05, 0) is 41.0 Å². The molecule has 0 amide bonds. The minimum absolute atomic E-state index is 0.873. The van der Waals surface area contributed by atoms with Gasteiger partial charge < -0.3 is 5.73 Å². The maximum absolute atomic E-state index is 5.48. The molecule has 0 saturated carbocycles. The largest absolute Gasteiger partial charge is 0.330 e. The number of halogens is 1. The second-order valence-electron chi connectivity index (χ2n) is 8.04. The molecule has 0 atom stereocenters. The fourth-order valence-electron chi connectivity index (χ4n) is 3.53. The molecule has 3 N–H and O–H groups in total. The summed E-state index contributed by atoms with van der Waals surface area (Å²) in [5.41, 5.74) is 7.31. The van der Waals surface area contributed by atoms with Crippen LogP contribution in [0.4, 0.5) is 0 Å². The lowest BCUT2D eigenvalue weighted by Crippen LogP contribution is -1.97. The number of aromatic amines is 1. The molecule has 0 bridgehead atoms. The van der Waals surface area contributed by atoms with Crippen molar-refractivity contribution in [2.24, 2.45) is 5.73 Å². The van der Waals surface area contributed by atoms with Gasteiger partial charge in [0.25, 0.3) is 0 Å². The Hall–Kier alpha value is -0.940. The zero-order valence-corrected chi connectivity index (χ0v) is 20.2. The number of nitrogens with two attached hydrogens (primary N) is 1. The van der Waals surface area contributed by atoms with Crippen LogP contribution in [0, 0.1) is 0 Å². The van der Waals surface area contributed by atoms with E-state index in [9.17, 15) is 0 Å². The minimum atomic E-state index is 0.873. The van der Waals surface area contributed by atoms with Crippen molar-refractivity contribution in [3.8, 4) is 0 Å². The van der Waals surface area contributed by atoms with E-state index in [1.807, 2.05) is 18.2 Å². The molecule has 4 nitrogen and oxygen atoms in total. The first kappa shape index (κ1) is 26.1. The van der Waals surface area contributed by atoms with Crippen molar-refractivity contribution in [1.29, 1.82) is 0 Å². The minimum Gasteiger partial charge on any atom is -0.330 e. The third kappa shape index (κ3) is 13.8. The highest BCUT2D eigenvalue weighted by atomic mass is 79.9. The summed E-state index contributed by atoms with van der Waals surface area (Å²) in [6.45, 7) is 3.16. The zero-order valence-electron chi connectivity index (χ0n) is 18.6. The van der Waals surface area contributed by atoms with Crippen molar-refractivity contribution in [2.75, 3.05) is 6.54 Å². The van der Waals surface area contributed by atoms with Crippen molar-refractivity contribution < 1.29 is 0 Å². The molecule has 5 heteroatoms. The van der Waals surface area contributed by atoms with Gasteiger partial charge in [0.15, 0.2) is 0 Å². The Kier molecular flexibility index (Phi) is 17.1. The average Bonchev–Trinajstić information content (AvgIpc) is 3.22. The van der Waals surface area contributed by atoms with E-state index in [2.05, 4.69) is 38.3 Å². The molecule has 0 saturated heterocycles. The number of hydrogen-bond acceptors (Lipinski definition) is 3. The van der Waals surface area contributed by atoms with Crippen molar-refractivity contribution in [3.05, 3.63) is 22.7 Å². The standard InChI is InChI=1S/C18H39N.C6H4BrN3/c1-2-3-4-5-6-7-8-9-10-11-12-13-14-15-16-17-18-19;7-4-2-1-3-5-6(4)9-10-8-5/h2-19H2,1H3;1-3H,(H,8,9,10). The summed E-state index contributed by atoms with van der Waals surface area (Å²) < 4.78 is 0.971. The summed E-state index contributed by atoms with van der Waals surface area (Å²) in [5.74, 6) is 0. The van der Waals surface area contributed by atoms with Crippen LogP contribution in [0.25, 0.3) is 11.0 Å². The number of rotatable bonds is 16. The summed E-state index contributed by atoms with van der Waals surface area (Å²) in [6, 6.07) is 5.80. The van der Waals surface area contributed by atoms with Gasteiger partial charge in [0.05, 0.1) is 5.52 Å². The number of nitrogens with one attached hydrogen (secondary N) is 1. The molecule has 1 heterocycles. The van der Waals surface area contributed by atoms with Gasteiger partial charge in [0.2, 0.25) is 0 Å². The lowest BCUT2D eigenvalue weighted by Gasteiger charge is -2.03. The number of unbranched alkanes of at least 4 members (excludes halogenated alkanes) is 15. The van der Waals surface area contributed by atoms with E-state index >= 15 is 0 Å². The molecule has 0 aliphatic carbocycles. The number of benzene rings is 1. The van der Waals surface area contributed by atoms with E-state index in [-0.39, 0.29) is 0 Å². The molecule has 0 spiro atoms. The van der Waals surface area contributed by atoms with Gasteiger partial charge in [-0.1, -0.05) is 115 Å². The highest BCUT2D eigenvalue weighted by Crippen LogP contribution is 2.18. The lowest BCUT2D eigenvalue weighted by molar-refractivity contribution is 0.530. The van der Waals surface area contributed by atoms with Crippen LogP contribution < -0.4 is 5.73 Å². The zero-order chi connectivity index (χ0) is 21.0. The molecule has 0 unspecified atom stereocenters. The van der Waals surface area contributed by atoms with Crippen LogP contribution >= 0.6 is 15.9 Å². The molecule has 2 rings (SSSR count). The molecule has 1 aromatic heterocycles. The van der Waals surface area contributed by atoms with Crippen LogP contribution in [0.2, 0.25) is 0 Å². The maximum Gasteiger partial charge on any atom is 0.127 e. The van der Waals surface area contributed by atoms with Gasteiger partial charge in [-0.25, -0.2) is 0 Å². The molecular formula is C24H43BrN4. The van der Waals surface area contributed by atoms with Crippen LogP contribution in [0.3, 0.4) is 0 Å². The Morgan fingerprint density at radius 3 is 1.69 bits per heavy atom. The van der Waals surface area contributed by atoms with Crippen LogP contribution in [0.15, 0.2) is 22.7 Å². The maximum atomic E-state index is 5.48. The monoisotopic (exact) mass is 466 g/mol. The van der Waals surface area contributed by atoms with Crippen LogP contribution in [0.1, 0.15) is 110 Å². The van der Waals surface area contributed by atoms with Gasteiger partial charge in [-0.15, -0.1) is 5.10 Å². The first-order valence-corrected chi connectivity index (χ1v) is 12.7. The van der Waals surface area contributed by atoms with Crippen molar-refractivity contribution in [2.45, 2.75) is 110 Å². The summed E-state index contributed by atoms with van der Waals surface area (Å²) in [6.07, 6.45) is 22.9. The second-order valence-corrected chi connectivity index (χ2v) is 8.89. The average molecular weight is 468 g/mol. The van der Waals surface area contributed by atoms with E-state index < -0.39 is 0 Å². The highest BCUT2D eigenvalue weighted by Gasteiger charge is 1.98. The van der Waals surface area contributed by atoms with E-state index in [1.165, 1.54) is 103 Å². The first-order valence-electron chi connectivity index (χ1n) is 11.9. The molecule has 2 aromatic rings. The predicted octanol–water partition coefficient (Wildman–Crippen LogP) is 7.93. The van der Waals surface area contributed by atoms with Gasteiger partial charge >= 0.3 is 0 Å². The Morgan fingerprint density at radius 2 is 1.24 bits per heavy atom. The molecule has 29 heavy (non-hydrogen) atoms. The normalized spacial score (nSPS) is 10.9. The predicted molar refractivity (Wildman–Crippen MR) is 130 cm³/mol. The lowest BCUT2D eigenvalue weighted by atomic mass is 10.0. The fraction of sp³-hybridized carbons (Fsp3) is 0.750. The molecule has 0 aliphatic rings. The quantitative estimate of drug-likeness (QED) is 0.246. The Balaban J connectivity index is 0.000000345. The van der Waals surface area contributed by atoms with Crippen LogP contribution in [-0.4, -0.2) is 22.0 Å². The Bertz CT molecular complexity index is 583. The molecule has 0 aliphatic heterocycles. The summed E-state index contributed by atoms with van der Waals surface area (Å²) >= 11 is 3.35. The highest BCUT2D eigenvalue weighted by molar-refractivity contribution is 9.10. The van der Waals surface area contributed by atoms with Gasteiger partial charge in [0.1, 0.15) is 5.52 Å². The van der Waals surface area contributed by atoms with Crippen LogP contribution in [-0.2, 0) is 0 Å². The summed E-state index contributed by atoms with van der Waals surface area (Å²) in [7, 11) is 0. The van der Waals surface area contributed by atoms with E-state index in [1.54, 1.807) is 0 Å². The van der Waals surface area contributed by atoms with Crippen molar-refractivity contribution in [3.63, 3.8) is 0 Å². The van der Waals surface area contributed by atoms with Gasteiger partial charge in [-0.3, -0.25) is 5.10 Å². The molecular weight excluding hydrogens is 424 g/mol. The molecule has 0 fully saturated rings. The number of hydrogen-bond donors (Lipinski definition) is 2. The number of H-pyrrole nitrogens is 1. The third-order valence-electron chi connectivity index (χ3n) is 5.36. The SMILES string of the molecule is Brc1cccc2[nH]nnc12.CCCCCCCCCCCCCCCCCCN. The molecule has 166 valence electrons. The van der Waals surface area contributed by atoms with Gasteiger partial charge in [0, 0.05) is 4.47 Å². The van der Waals surface area contributed by atoms with E-state index in [0.717, 1.165) is 22.1 Å². The van der Waals surface area contributed by atoms with Gasteiger partial charge in [-0.2, -0.15) is 0 Å². The molecule has 1 aromatic carbocycles. The topological polar surface area (TPSA) is 67.6 Å². The number of aromatic nitrogens is 3. The van der Waals surface area contributed by atoms with E-state index in [4.69, 9.17) is 5.73 Å². The summed E-state index contributed by atoms with van der Waals surface area (Å²) in [5, 5.41) is 10.3. The van der Waals surface area contributed by atoms with Crippen LogP contribution in [0.5, 0.6) is 0 Å². The fourth-order valence-corrected chi connectivity index (χ4v) is 3.97. The number of fused-ring (bicyclic) bond motifs is 1. The number of nitrogens with zero attached hydrogens (tertiary/aromatic N) is 2. The van der Waals surface area contributed by atoms with E-state index in [0.29, 0.717) is 0 Å². The summed E-state index contributed by atoms with van der Waals surface area (Å²) in [4.78, 5) is 0. The molecule has 0 radical (unpaired) electrons. The van der Waals surface area contributed by atoms with Crippen molar-refractivity contribution >= 4 is 27.0 Å².